The topological polar surface area (TPSA) is 98.2 Å². The molecule has 1 saturated heterocycles. The van der Waals surface area contributed by atoms with Gasteiger partial charge >= 0.3 is 11.9 Å². The molecule has 1 aliphatic rings. The standard InChI is InChI=1S/C17H25ClN2O.C2H2O4/c1-3-20(4-2)17(21)15-9-11-19(12-10-15)13-14-5-7-16(18)8-6-14;3-1(4)2(5)6/h5-8,15H,3-4,9-13H2,1-2H3;(H,3,4)(H,5,6). The van der Waals surface area contributed by atoms with Gasteiger partial charge < -0.3 is 15.1 Å². The summed E-state index contributed by atoms with van der Waals surface area (Å²) in [6.07, 6.45) is 1.95. The molecule has 1 aromatic rings. The number of carboxylic acids is 2. The van der Waals surface area contributed by atoms with Crippen LogP contribution in [0, 0.1) is 5.92 Å². The first-order chi connectivity index (χ1) is 12.8. The largest absolute Gasteiger partial charge is 0.473 e. The second-order valence-corrected chi connectivity index (χ2v) is 6.73. The van der Waals surface area contributed by atoms with Gasteiger partial charge in [-0.3, -0.25) is 9.69 Å². The summed E-state index contributed by atoms with van der Waals surface area (Å²) < 4.78 is 0. The van der Waals surface area contributed by atoms with Gasteiger partial charge in [0.05, 0.1) is 0 Å². The summed E-state index contributed by atoms with van der Waals surface area (Å²) in [6, 6.07) is 8.03. The van der Waals surface area contributed by atoms with Gasteiger partial charge in [-0.1, -0.05) is 23.7 Å². The van der Waals surface area contributed by atoms with Crippen molar-refractivity contribution in [2.24, 2.45) is 5.92 Å². The fourth-order valence-corrected chi connectivity index (χ4v) is 3.11. The molecule has 0 atom stereocenters. The van der Waals surface area contributed by atoms with Gasteiger partial charge in [-0.2, -0.15) is 0 Å². The molecule has 2 rings (SSSR count). The molecule has 0 spiro atoms. The van der Waals surface area contributed by atoms with E-state index in [-0.39, 0.29) is 5.92 Å². The summed E-state index contributed by atoms with van der Waals surface area (Å²) >= 11 is 5.91. The Hall–Kier alpha value is -2.12. The van der Waals surface area contributed by atoms with E-state index in [2.05, 4.69) is 30.9 Å². The van der Waals surface area contributed by atoms with E-state index in [0.29, 0.717) is 5.91 Å². The summed E-state index contributed by atoms with van der Waals surface area (Å²) in [4.78, 5) is 34.9. The van der Waals surface area contributed by atoms with Crippen LogP contribution in [0.15, 0.2) is 24.3 Å². The normalized spacial score (nSPS) is 14.8. The van der Waals surface area contributed by atoms with Crippen molar-refractivity contribution in [1.82, 2.24) is 9.80 Å². The fraction of sp³-hybridized carbons (Fsp3) is 0.526. The number of benzene rings is 1. The van der Waals surface area contributed by atoms with Crippen LogP contribution in [-0.4, -0.2) is 64.0 Å². The average Bonchev–Trinajstić information content (AvgIpc) is 2.65. The van der Waals surface area contributed by atoms with Gasteiger partial charge in [0.15, 0.2) is 0 Å². The molecule has 150 valence electrons. The van der Waals surface area contributed by atoms with E-state index in [4.69, 9.17) is 31.4 Å². The lowest BCUT2D eigenvalue weighted by molar-refractivity contribution is -0.159. The van der Waals surface area contributed by atoms with E-state index in [1.54, 1.807) is 0 Å². The minimum atomic E-state index is -1.82. The van der Waals surface area contributed by atoms with Crippen LogP contribution in [0.2, 0.25) is 5.02 Å². The molecule has 2 N–H and O–H groups in total. The van der Waals surface area contributed by atoms with Crippen molar-refractivity contribution in [3.8, 4) is 0 Å². The van der Waals surface area contributed by atoms with Crippen molar-refractivity contribution in [3.63, 3.8) is 0 Å². The quantitative estimate of drug-likeness (QED) is 0.740. The highest BCUT2D eigenvalue weighted by molar-refractivity contribution is 6.30. The van der Waals surface area contributed by atoms with Crippen LogP contribution < -0.4 is 0 Å². The molecular formula is C19H27ClN2O5. The Balaban J connectivity index is 0.000000527. The van der Waals surface area contributed by atoms with Crippen LogP contribution in [0.1, 0.15) is 32.3 Å². The van der Waals surface area contributed by atoms with Gasteiger partial charge in [-0.25, -0.2) is 9.59 Å². The minimum Gasteiger partial charge on any atom is -0.473 e. The van der Waals surface area contributed by atoms with Crippen LogP contribution >= 0.6 is 11.6 Å². The van der Waals surface area contributed by atoms with E-state index in [1.165, 1.54) is 5.56 Å². The number of hydrogen-bond acceptors (Lipinski definition) is 4. The molecule has 0 bridgehead atoms. The average molecular weight is 399 g/mol. The number of aliphatic carboxylic acids is 2. The number of rotatable bonds is 5. The Morgan fingerprint density at radius 1 is 1.04 bits per heavy atom. The molecule has 0 radical (unpaired) electrons. The second-order valence-electron chi connectivity index (χ2n) is 6.30. The summed E-state index contributed by atoms with van der Waals surface area (Å²) in [5.74, 6) is -3.09. The van der Waals surface area contributed by atoms with Crippen molar-refractivity contribution in [2.75, 3.05) is 26.2 Å². The zero-order valence-electron chi connectivity index (χ0n) is 15.7. The Morgan fingerprint density at radius 2 is 1.52 bits per heavy atom. The minimum absolute atomic E-state index is 0.214. The van der Waals surface area contributed by atoms with Crippen molar-refractivity contribution >= 4 is 29.4 Å². The molecule has 27 heavy (non-hydrogen) atoms. The van der Waals surface area contributed by atoms with E-state index in [9.17, 15) is 4.79 Å². The third-order valence-electron chi connectivity index (χ3n) is 4.51. The number of carbonyl (C=O) groups excluding carboxylic acids is 1. The smallest absolute Gasteiger partial charge is 0.414 e. The van der Waals surface area contributed by atoms with Gasteiger partial charge in [0.1, 0.15) is 0 Å². The molecule has 0 saturated carbocycles. The zero-order chi connectivity index (χ0) is 20.4. The first kappa shape index (κ1) is 22.9. The number of piperidine rings is 1. The lowest BCUT2D eigenvalue weighted by atomic mass is 9.95. The molecular weight excluding hydrogens is 372 g/mol. The van der Waals surface area contributed by atoms with Crippen molar-refractivity contribution in [2.45, 2.75) is 33.2 Å². The maximum Gasteiger partial charge on any atom is 0.414 e. The highest BCUT2D eigenvalue weighted by Crippen LogP contribution is 2.21. The monoisotopic (exact) mass is 398 g/mol. The Morgan fingerprint density at radius 3 is 1.93 bits per heavy atom. The molecule has 7 nitrogen and oxygen atoms in total. The maximum atomic E-state index is 12.4. The maximum absolute atomic E-state index is 12.4. The van der Waals surface area contributed by atoms with Crippen LogP contribution in [-0.2, 0) is 20.9 Å². The predicted molar refractivity (Wildman–Crippen MR) is 103 cm³/mol. The van der Waals surface area contributed by atoms with Gasteiger partial charge in [-0.15, -0.1) is 0 Å². The Bertz CT molecular complexity index is 611. The van der Waals surface area contributed by atoms with Gasteiger partial charge in [-0.05, 0) is 57.5 Å². The summed E-state index contributed by atoms with van der Waals surface area (Å²) in [7, 11) is 0. The molecule has 1 fully saturated rings. The number of carbonyl (C=O) groups is 3. The number of carboxylic acid groups (broad SMARTS) is 2. The van der Waals surface area contributed by atoms with Gasteiger partial charge in [0, 0.05) is 30.6 Å². The first-order valence-corrected chi connectivity index (χ1v) is 9.38. The number of nitrogens with zero attached hydrogens (tertiary/aromatic N) is 2. The Kier molecular flexibility index (Phi) is 9.82. The van der Waals surface area contributed by atoms with Gasteiger partial charge in [0.25, 0.3) is 0 Å². The van der Waals surface area contributed by atoms with Crippen LogP contribution in [0.5, 0.6) is 0 Å². The number of hydrogen-bond donors (Lipinski definition) is 2. The predicted octanol–water partition coefficient (Wildman–Crippen LogP) is 2.58. The molecule has 1 aromatic carbocycles. The van der Waals surface area contributed by atoms with E-state index < -0.39 is 11.9 Å². The second kappa shape index (κ2) is 11.6. The summed E-state index contributed by atoms with van der Waals surface area (Å²) in [5, 5.41) is 15.6. The third kappa shape index (κ3) is 7.97. The van der Waals surface area contributed by atoms with Crippen molar-refractivity contribution in [3.05, 3.63) is 34.9 Å². The van der Waals surface area contributed by atoms with Crippen molar-refractivity contribution in [1.29, 1.82) is 0 Å². The molecule has 0 aliphatic carbocycles. The molecule has 8 heteroatoms. The molecule has 1 amide bonds. The third-order valence-corrected chi connectivity index (χ3v) is 4.77. The SMILES string of the molecule is CCN(CC)C(=O)C1CCN(Cc2ccc(Cl)cc2)CC1.O=C(O)C(=O)O. The molecule has 0 unspecified atom stereocenters. The molecule has 1 aliphatic heterocycles. The lowest BCUT2D eigenvalue weighted by Crippen LogP contribution is -2.42. The van der Waals surface area contributed by atoms with E-state index >= 15 is 0 Å². The van der Waals surface area contributed by atoms with E-state index in [0.717, 1.165) is 50.6 Å². The Labute approximate surface area is 164 Å². The zero-order valence-corrected chi connectivity index (χ0v) is 16.5. The fourth-order valence-electron chi connectivity index (χ4n) is 2.98. The molecule has 1 heterocycles. The van der Waals surface area contributed by atoms with E-state index in [1.807, 2.05) is 17.0 Å². The number of amides is 1. The van der Waals surface area contributed by atoms with Crippen molar-refractivity contribution < 1.29 is 24.6 Å². The highest BCUT2D eigenvalue weighted by atomic mass is 35.5. The van der Waals surface area contributed by atoms with Crippen LogP contribution in [0.4, 0.5) is 0 Å². The summed E-state index contributed by atoms with van der Waals surface area (Å²) in [6.45, 7) is 8.69. The van der Waals surface area contributed by atoms with Crippen LogP contribution in [0.25, 0.3) is 0 Å². The first-order valence-electron chi connectivity index (χ1n) is 9.00. The number of halogens is 1. The molecule has 0 aromatic heterocycles. The number of likely N-dealkylation sites (tertiary alicyclic amines) is 1. The van der Waals surface area contributed by atoms with Crippen LogP contribution in [0.3, 0.4) is 0 Å². The summed E-state index contributed by atoms with van der Waals surface area (Å²) in [5.41, 5.74) is 1.29. The lowest BCUT2D eigenvalue weighted by Gasteiger charge is -2.33. The van der Waals surface area contributed by atoms with Gasteiger partial charge in [0.2, 0.25) is 5.91 Å². The highest BCUT2D eigenvalue weighted by Gasteiger charge is 2.27.